The van der Waals surface area contributed by atoms with Crippen molar-refractivity contribution >= 4 is 17.7 Å². The second-order valence-electron chi connectivity index (χ2n) is 5.73. The van der Waals surface area contributed by atoms with Crippen LogP contribution in [0.2, 0.25) is 0 Å². The van der Waals surface area contributed by atoms with Gasteiger partial charge in [0.25, 0.3) is 5.91 Å². The molecule has 1 N–H and O–H groups in total. The Hall–Kier alpha value is -1.67. The van der Waals surface area contributed by atoms with E-state index in [0.29, 0.717) is 23.7 Å². The van der Waals surface area contributed by atoms with Crippen molar-refractivity contribution in [2.24, 2.45) is 5.92 Å². The summed E-state index contributed by atoms with van der Waals surface area (Å²) < 4.78 is 5.65. The van der Waals surface area contributed by atoms with Crippen molar-refractivity contribution in [3.8, 4) is 11.8 Å². The molecule has 1 unspecified atom stereocenters. The van der Waals surface area contributed by atoms with Gasteiger partial charge in [0.1, 0.15) is 11.3 Å². The summed E-state index contributed by atoms with van der Waals surface area (Å²) >= 11 is 1.70. The molecule has 3 rings (SSSR count). The third-order valence-corrected chi connectivity index (χ3v) is 5.08. The smallest absolute Gasteiger partial charge is 0.252 e. The Morgan fingerprint density at radius 3 is 2.76 bits per heavy atom. The Balaban J connectivity index is 1.60. The number of thioether (sulfide) groups is 1. The molecule has 1 saturated heterocycles. The minimum atomic E-state index is -0.705. The van der Waals surface area contributed by atoms with Crippen LogP contribution in [0.5, 0.6) is 5.75 Å². The molecule has 1 atom stereocenters. The van der Waals surface area contributed by atoms with Crippen molar-refractivity contribution in [3.05, 3.63) is 29.8 Å². The molecule has 5 heteroatoms. The molecule has 0 radical (unpaired) electrons. The largest absolute Gasteiger partial charge is 0.493 e. The van der Waals surface area contributed by atoms with Crippen LogP contribution < -0.4 is 10.1 Å². The maximum Gasteiger partial charge on any atom is 0.252 e. The average molecular weight is 302 g/mol. The lowest BCUT2D eigenvalue weighted by molar-refractivity contribution is 0.0926. The highest BCUT2D eigenvalue weighted by atomic mass is 32.2. The number of amides is 1. The maximum absolute atomic E-state index is 12.2. The lowest BCUT2D eigenvalue weighted by atomic mass is 10.0. The predicted molar refractivity (Wildman–Crippen MR) is 82.4 cm³/mol. The highest BCUT2D eigenvalue weighted by Gasteiger charge is 2.36. The number of hydrogen-bond acceptors (Lipinski definition) is 4. The molecule has 0 spiro atoms. The summed E-state index contributed by atoms with van der Waals surface area (Å²) in [5, 5.41) is 12.2. The third kappa shape index (κ3) is 3.51. The normalized spacial score (nSPS) is 24.3. The summed E-state index contributed by atoms with van der Waals surface area (Å²) in [6.07, 6.45) is 3.23. The van der Waals surface area contributed by atoms with Crippen LogP contribution in [0.1, 0.15) is 29.6 Å². The molecule has 1 amide bonds. The second kappa shape index (κ2) is 5.98. The van der Waals surface area contributed by atoms with E-state index in [1.165, 1.54) is 12.8 Å². The zero-order valence-electron chi connectivity index (χ0n) is 11.8. The monoisotopic (exact) mass is 302 g/mol. The standard InChI is InChI=1S/C16H18N2O2S/c17-10-16(7-8-21-11-16)18-15(19)13-3-5-14(6-4-13)20-9-12-1-2-12/h3-6,12H,1-2,7-9,11H2,(H,18,19). The number of nitrogens with zero attached hydrogens (tertiary/aromatic N) is 1. The quantitative estimate of drug-likeness (QED) is 0.908. The topological polar surface area (TPSA) is 62.1 Å². The number of carbonyl (C=O) groups is 1. The van der Waals surface area contributed by atoms with Gasteiger partial charge in [-0.2, -0.15) is 17.0 Å². The molecular weight excluding hydrogens is 284 g/mol. The van der Waals surface area contributed by atoms with Gasteiger partial charge in [0, 0.05) is 11.3 Å². The average Bonchev–Trinajstić information content (AvgIpc) is 3.24. The van der Waals surface area contributed by atoms with Gasteiger partial charge in [-0.1, -0.05) is 0 Å². The number of carbonyl (C=O) groups excluding carboxylic acids is 1. The van der Waals surface area contributed by atoms with E-state index >= 15 is 0 Å². The molecule has 2 fully saturated rings. The third-order valence-electron chi connectivity index (χ3n) is 3.89. The van der Waals surface area contributed by atoms with Gasteiger partial charge in [-0.05, 0) is 55.2 Å². The molecule has 21 heavy (non-hydrogen) atoms. The summed E-state index contributed by atoms with van der Waals surface area (Å²) in [5.41, 5.74) is -0.136. The van der Waals surface area contributed by atoms with Crippen LogP contribution in [-0.4, -0.2) is 29.6 Å². The van der Waals surface area contributed by atoms with Crippen molar-refractivity contribution < 1.29 is 9.53 Å². The molecule has 0 bridgehead atoms. The Bertz CT molecular complexity index is 555. The summed E-state index contributed by atoms with van der Waals surface area (Å²) in [4.78, 5) is 12.2. The van der Waals surface area contributed by atoms with E-state index in [1.54, 1.807) is 23.9 Å². The second-order valence-corrected chi connectivity index (χ2v) is 6.83. The van der Waals surface area contributed by atoms with Gasteiger partial charge < -0.3 is 10.1 Å². The van der Waals surface area contributed by atoms with E-state index in [1.807, 2.05) is 12.1 Å². The SMILES string of the molecule is N#CC1(NC(=O)c2ccc(OCC3CC3)cc2)CCSC1. The Morgan fingerprint density at radius 1 is 1.43 bits per heavy atom. The maximum atomic E-state index is 12.2. The zero-order valence-corrected chi connectivity index (χ0v) is 12.6. The van der Waals surface area contributed by atoms with Crippen LogP contribution in [0.15, 0.2) is 24.3 Å². The number of rotatable bonds is 5. The van der Waals surface area contributed by atoms with Crippen LogP contribution in [0.25, 0.3) is 0 Å². The van der Waals surface area contributed by atoms with Crippen molar-refractivity contribution in [3.63, 3.8) is 0 Å². The van der Waals surface area contributed by atoms with Gasteiger partial charge in [0.2, 0.25) is 0 Å². The van der Waals surface area contributed by atoms with Crippen LogP contribution in [0, 0.1) is 17.2 Å². The van der Waals surface area contributed by atoms with E-state index in [9.17, 15) is 10.1 Å². The van der Waals surface area contributed by atoms with Crippen molar-refractivity contribution in [2.75, 3.05) is 18.1 Å². The van der Waals surface area contributed by atoms with E-state index in [4.69, 9.17) is 4.74 Å². The van der Waals surface area contributed by atoms with E-state index in [-0.39, 0.29) is 5.91 Å². The Kier molecular flexibility index (Phi) is 4.07. The Morgan fingerprint density at radius 2 is 2.19 bits per heavy atom. The van der Waals surface area contributed by atoms with E-state index in [2.05, 4.69) is 11.4 Å². The van der Waals surface area contributed by atoms with E-state index < -0.39 is 5.54 Å². The molecule has 0 aromatic heterocycles. The fourth-order valence-electron chi connectivity index (χ4n) is 2.27. The van der Waals surface area contributed by atoms with Gasteiger partial charge in [-0.15, -0.1) is 0 Å². The molecule has 1 aliphatic heterocycles. The first-order valence-corrected chi connectivity index (χ1v) is 8.41. The summed E-state index contributed by atoms with van der Waals surface area (Å²) in [6, 6.07) is 9.40. The molecule has 4 nitrogen and oxygen atoms in total. The molecule has 1 aromatic rings. The minimum absolute atomic E-state index is 0.187. The number of nitrogens with one attached hydrogen (secondary N) is 1. The minimum Gasteiger partial charge on any atom is -0.493 e. The molecular formula is C16H18N2O2S. The Labute approximate surface area is 128 Å². The zero-order chi connectivity index (χ0) is 14.7. The number of nitriles is 1. The molecule has 1 saturated carbocycles. The number of ether oxygens (including phenoxy) is 1. The van der Waals surface area contributed by atoms with Crippen molar-refractivity contribution in [1.82, 2.24) is 5.32 Å². The van der Waals surface area contributed by atoms with Gasteiger partial charge in [-0.3, -0.25) is 4.79 Å². The lowest BCUT2D eigenvalue weighted by Crippen LogP contribution is -2.47. The number of hydrogen-bond donors (Lipinski definition) is 1. The molecule has 1 aliphatic carbocycles. The van der Waals surface area contributed by atoms with Crippen LogP contribution in [0.4, 0.5) is 0 Å². The van der Waals surface area contributed by atoms with Crippen LogP contribution in [-0.2, 0) is 0 Å². The van der Waals surface area contributed by atoms with Gasteiger partial charge in [0.15, 0.2) is 0 Å². The lowest BCUT2D eigenvalue weighted by Gasteiger charge is -2.21. The molecule has 110 valence electrons. The van der Waals surface area contributed by atoms with Gasteiger partial charge in [-0.25, -0.2) is 0 Å². The molecule has 2 aliphatic rings. The fraction of sp³-hybridized carbons (Fsp3) is 0.500. The first-order valence-electron chi connectivity index (χ1n) is 7.25. The van der Waals surface area contributed by atoms with Crippen LogP contribution in [0.3, 0.4) is 0 Å². The highest BCUT2D eigenvalue weighted by molar-refractivity contribution is 7.99. The summed E-state index contributed by atoms with van der Waals surface area (Å²) in [5.74, 6) is 2.90. The molecule has 1 heterocycles. The van der Waals surface area contributed by atoms with Gasteiger partial charge in [0.05, 0.1) is 12.7 Å². The fourth-order valence-corrected chi connectivity index (χ4v) is 3.54. The van der Waals surface area contributed by atoms with Crippen molar-refractivity contribution in [1.29, 1.82) is 5.26 Å². The highest BCUT2D eigenvalue weighted by Crippen LogP contribution is 2.30. The summed E-state index contributed by atoms with van der Waals surface area (Å²) in [6.45, 7) is 0.764. The molecule has 1 aromatic carbocycles. The first kappa shape index (κ1) is 14.3. The van der Waals surface area contributed by atoms with Crippen molar-refractivity contribution in [2.45, 2.75) is 24.8 Å². The number of benzene rings is 1. The summed E-state index contributed by atoms with van der Waals surface area (Å²) in [7, 11) is 0. The predicted octanol–water partition coefficient (Wildman–Crippen LogP) is 2.60. The van der Waals surface area contributed by atoms with Gasteiger partial charge >= 0.3 is 0 Å². The van der Waals surface area contributed by atoms with Crippen LogP contribution >= 0.6 is 11.8 Å². The van der Waals surface area contributed by atoms with E-state index in [0.717, 1.165) is 18.1 Å². The first-order chi connectivity index (χ1) is 10.2.